The Bertz CT molecular complexity index is 494. The lowest BCUT2D eigenvalue weighted by atomic mass is 9.87. The maximum absolute atomic E-state index is 11.8. The molecule has 0 unspecified atom stereocenters. The van der Waals surface area contributed by atoms with Gasteiger partial charge in [-0.2, -0.15) is 0 Å². The van der Waals surface area contributed by atoms with E-state index in [9.17, 15) is 9.59 Å². The third kappa shape index (κ3) is 6.07. The number of nitrogens with one attached hydrogen (secondary N) is 2. The van der Waals surface area contributed by atoms with E-state index in [1.54, 1.807) is 6.07 Å². The molecular weight excluding hydrogens is 306 g/mol. The number of rotatable bonds is 6. The summed E-state index contributed by atoms with van der Waals surface area (Å²) >= 11 is 0. The minimum atomic E-state index is -0.544. The number of hydrogen-bond acceptors (Lipinski definition) is 4. The first-order valence-corrected chi connectivity index (χ1v) is 7.09. The van der Waals surface area contributed by atoms with Crippen LogP contribution in [0.3, 0.4) is 0 Å². The Morgan fingerprint density at radius 1 is 1.27 bits per heavy atom. The van der Waals surface area contributed by atoms with Crippen LogP contribution in [-0.4, -0.2) is 30.9 Å². The van der Waals surface area contributed by atoms with Crippen LogP contribution >= 0.6 is 12.4 Å². The maximum Gasteiger partial charge on any atom is 0.287 e. The summed E-state index contributed by atoms with van der Waals surface area (Å²) < 4.78 is 5.09. The number of amides is 2. The first kappa shape index (κ1) is 20.5. The van der Waals surface area contributed by atoms with Gasteiger partial charge >= 0.3 is 0 Å². The highest BCUT2D eigenvalue weighted by Gasteiger charge is 2.26. The maximum atomic E-state index is 11.8. The van der Waals surface area contributed by atoms with Gasteiger partial charge in [-0.3, -0.25) is 9.59 Å². The Labute approximate surface area is 137 Å². The Hall–Kier alpha value is -1.53. The molecule has 0 aliphatic carbocycles. The number of aryl methyl sites for hydroxylation is 1. The summed E-state index contributed by atoms with van der Waals surface area (Å²) in [6.07, 6.45) is 2.12. The molecule has 6 nitrogen and oxygen atoms in total. The molecule has 1 atom stereocenters. The number of carbonyl (C=O) groups excluding carboxylic acids is 2. The smallest absolute Gasteiger partial charge is 0.287 e. The molecular formula is C15H26ClN3O3. The Kier molecular flexibility index (Phi) is 8.19. The molecule has 1 heterocycles. The summed E-state index contributed by atoms with van der Waals surface area (Å²) in [6.45, 7) is 8.51. The van der Waals surface area contributed by atoms with Crippen LogP contribution in [0.15, 0.2) is 16.7 Å². The number of furan rings is 1. The molecule has 0 radical (unpaired) electrons. The molecule has 22 heavy (non-hydrogen) atoms. The molecule has 0 saturated carbocycles. The predicted molar refractivity (Wildman–Crippen MR) is 88.1 cm³/mol. The lowest BCUT2D eigenvalue weighted by Crippen LogP contribution is -2.49. The largest absolute Gasteiger partial charge is 0.459 e. The van der Waals surface area contributed by atoms with Crippen molar-refractivity contribution in [2.75, 3.05) is 13.1 Å². The van der Waals surface area contributed by atoms with Crippen molar-refractivity contribution in [2.24, 2.45) is 11.1 Å². The summed E-state index contributed by atoms with van der Waals surface area (Å²) in [7, 11) is 0. The highest BCUT2D eigenvalue weighted by molar-refractivity contribution is 5.92. The van der Waals surface area contributed by atoms with Crippen molar-refractivity contribution in [3.63, 3.8) is 0 Å². The molecule has 0 bridgehead atoms. The number of halogens is 1. The van der Waals surface area contributed by atoms with Crippen molar-refractivity contribution in [1.82, 2.24) is 10.6 Å². The zero-order valence-corrected chi connectivity index (χ0v) is 14.4. The van der Waals surface area contributed by atoms with Crippen LogP contribution in [0.5, 0.6) is 0 Å². The van der Waals surface area contributed by atoms with E-state index in [-0.39, 0.29) is 29.6 Å². The van der Waals surface area contributed by atoms with Gasteiger partial charge in [0.15, 0.2) is 5.76 Å². The van der Waals surface area contributed by atoms with Crippen molar-refractivity contribution in [3.8, 4) is 0 Å². The van der Waals surface area contributed by atoms with Gasteiger partial charge in [-0.15, -0.1) is 12.4 Å². The van der Waals surface area contributed by atoms with E-state index in [0.29, 0.717) is 25.3 Å². The van der Waals surface area contributed by atoms with Crippen LogP contribution in [0.25, 0.3) is 0 Å². The molecule has 0 fully saturated rings. The summed E-state index contributed by atoms with van der Waals surface area (Å²) in [5.41, 5.74) is 6.38. The van der Waals surface area contributed by atoms with Crippen molar-refractivity contribution < 1.29 is 14.0 Å². The van der Waals surface area contributed by atoms with Gasteiger partial charge in [0.05, 0.1) is 12.3 Å². The molecule has 0 spiro atoms. The lowest BCUT2D eigenvalue weighted by molar-refractivity contribution is -0.124. The standard InChI is InChI=1S/C15H25N3O3.ClH/c1-10-6-9-21-11(10)13(19)17-7-5-8-18-14(20)12(16)15(2,3)4;/h6,9,12H,5,7-8,16H2,1-4H3,(H,17,19)(H,18,20);1H/t12-;/m1./s1. The first-order valence-electron chi connectivity index (χ1n) is 7.09. The van der Waals surface area contributed by atoms with E-state index in [2.05, 4.69) is 10.6 Å². The summed E-state index contributed by atoms with van der Waals surface area (Å²) in [5.74, 6) is -0.0836. The van der Waals surface area contributed by atoms with E-state index in [4.69, 9.17) is 10.2 Å². The van der Waals surface area contributed by atoms with E-state index in [1.807, 2.05) is 27.7 Å². The average Bonchev–Trinajstić information content (AvgIpc) is 2.82. The van der Waals surface area contributed by atoms with Crippen molar-refractivity contribution in [2.45, 2.75) is 40.2 Å². The Morgan fingerprint density at radius 3 is 2.36 bits per heavy atom. The molecule has 0 saturated heterocycles. The monoisotopic (exact) mass is 331 g/mol. The highest BCUT2D eigenvalue weighted by atomic mass is 35.5. The van der Waals surface area contributed by atoms with E-state index < -0.39 is 6.04 Å². The lowest BCUT2D eigenvalue weighted by Gasteiger charge is -2.25. The fourth-order valence-electron chi connectivity index (χ4n) is 1.69. The van der Waals surface area contributed by atoms with Gasteiger partial charge in [0.1, 0.15) is 0 Å². The topological polar surface area (TPSA) is 97.4 Å². The molecule has 7 heteroatoms. The SMILES string of the molecule is Cc1ccoc1C(=O)NCCCNC(=O)[C@@H](N)C(C)(C)C.Cl. The summed E-state index contributed by atoms with van der Waals surface area (Å²) in [5, 5.41) is 5.51. The second-order valence-corrected chi connectivity index (χ2v) is 6.18. The Morgan fingerprint density at radius 2 is 1.86 bits per heavy atom. The molecule has 0 aromatic carbocycles. The van der Waals surface area contributed by atoms with Gasteiger partial charge in [-0.25, -0.2) is 0 Å². The third-order valence-corrected chi connectivity index (χ3v) is 3.22. The minimum absolute atomic E-state index is 0. The Balaban J connectivity index is 0.00000441. The van der Waals surface area contributed by atoms with Crippen molar-refractivity contribution >= 4 is 24.2 Å². The van der Waals surface area contributed by atoms with Gasteiger partial charge in [0.25, 0.3) is 5.91 Å². The zero-order valence-electron chi connectivity index (χ0n) is 13.6. The normalized spacial score (nSPS) is 12.2. The highest BCUT2D eigenvalue weighted by Crippen LogP contribution is 2.17. The molecule has 1 aromatic rings. The molecule has 126 valence electrons. The van der Waals surface area contributed by atoms with Gasteiger partial charge < -0.3 is 20.8 Å². The quantitative estimate of drug-likeness (QED) is 0.690. The van der Waals surface area contributed by atoms with E-state index in [0.717, 1.165) is 5.56 Å². The van der Waals surface area contributed by atoms with Crippen LogP contribution in [0.2, 0.25) is 0 Å². The van der Waals surface area contributed by atoms with Crippen LogP contribution in [0, 0.1) is 12.3 Å². The van der Waals surface area contributed by atoms with Crippen molar-refractivity contribution in [1.29, 1.82) is 0 Å². The molecule has 1 rings (SSSR count). The summed E-state index contributed by atoms with van der Waals surface area (Å²) in [6, 6.07) is 1.20. The second-order valence-electron chi connectivity index (χ2n) is 6.18. The fourth-order valence-corrected chi connectivity index (χ4v) is 1.69. The molecule has 0 aliphatic rings. The van der Waals surface area contributed by atoms with E-state index in [1.165, 1.54) is 6.26 Å². The number of carbonyl (C=O) groups is 2. The van der Waals surface area contributed by atoms with Crippen LogP contribution < -0.4 is 16.4 Å². The fraction of sp³-hybridized carbons (Fsp3) is 0.600. The van der Waals surface area contributed by atoms with Gasteiger partial charge in [0, 0.05) is 18.7 Å². The molecule has 4 N–H and O–H groups in total. The summed E-state index contributed by atoms with van der Waals surface area (Å²) in [4.78, 5) is 23.5. The minimum Gasteiger partial charge on any atom is -0.459 e. The molecule has 0 aliphatic heterocycles. The zero-order chi connectivity index (χ0) is 16.0. The van der Waals surface area contributed by atoms with Gasteiger partial charge in [-0.1, -0.05) is 20.8 Å². The van der Waals surface area contributed by atoms with Crippen molar-refractivity contribution in [3.05, 3.63) is 23.7 Å². The number of nitrogens with two attached hydrogens (primary N) is 1. The average molecular weight is 332 g/mol. The number of hydrogen-bond donors (Lipinski definition) is 3. The van der Waals surface area contributed by atoms with Crippen LogP contribution in [0.1, 0.15) is 43.3 Å². The predicted octanol–water partition coefficient (Wildman–Crippen LogP) is 1.62. The third-order valence-electron chi connectivity index (χ3n) is 3.22. The van der Waals surface area contributed by atoms with Crippen LogP contribution in [-0.2, 0) is 4.79 Å². The second kappa shape index (κ2) is 8.80. The first-order chi connectivity index (χ1) is 9.73. The molecule has 1 aromatic heterocycles. The molecule has 2 amide bonds. The van der Waals surface area contributed by atoms with Gasteiger partial charge in [0.2, 0.25) is 5.91 Å². The van der Waals surface area contributed by atoms with Crippen LogP contribution in [0.4, 0.5) is 0 Å². The van der Waals surface area contributed by atoms with E-state index >= 15 is 0 Å². The van der Waals surface area contributed by atoms with Gasteiger partial charge in [-0.05, 0) is 24.8 Å².